The first kappa shape index (κ1) is 15.2. The summed E-state index contributed by atoms with van der Waals surface area (Å²) in [7, 11) is 0. The zero-order valence-electron chi connectivity index (χ0n) is 10.2. The lowest BCUT2D eigenvalue weighted by Crippen LogP contribution is -2.22. The van der Waals surface area contributed by atoms with Crippen LogP contribution in [0, 0.1) is 5.92 Å². The molecule has 0 aliphatic rings. The molecule has 0 bridgehead atoms. The summed E-state index contributed by atoms with van der Waals surface area (Å²) < 4.78 is 37.4. The SMILES string of the molecule is CC(=O)C(CCc1cccc(C(F)(F)F)c1)C(=O)O. The van der Waals surface area contributed by atoms with E-state index in [1.54, 1.807) is 0 Å². The van der Waals surface area contributed by atoms with Crippen LogP contribution in [0.3, 0.4) is 0 Å². The minimum Gasteiger partial charge on any atom is -0.481 e. The number of carbonyl (C=O) groups excluding carboxylic acids is 1. The predicted molar refractivity (Wildman–Crippen MR) is 61.6 cm³/mol. The molecule has 0 aliphatic carbocycles. The Kier molecular flexibility index (Phi) is 4.69. The summed E-state index contributed by atoms with van der Waals surface area (Å²) in [6.45, 7) is 1.16. The lowest BCUT2D eigenvalue weighted by atomic mass is 9.95. The molecule has 1 unspecified atom stereocenters. The molecule has 19 heavy (non-hydrogen) atoms. The molecule has 0 saturated heterocycles. The number of aliphatic carboxylic acids is 1. The molecule has 0 heterocycles. The van der Waals surface area contributed by atoms with Crippen LogP contribution in [0.15, 0.2) is 24.3 Å². The summed E-state index contributed by atoms with van der Waals surface area (Å²) in [5.74, 6) is -2.92. The second-order valence-corrected chi connectivity index (χ2v) is 4.24. The van der Waals surface area contributed by atoms with Crippen LogP contribution >= 0.6 is 0 Å². The first-order valence-electron chi connectivity index (χ1n) is 5.61. The van der Waals surface area contributed by atoms with Gasteiger partial charge in [-0.2, -0.15) is 13.2 Å². The standard InChI is InChI=1S/C13H13F3O3/c1-8(17)11(12(18)19)6-5-9-3-2-4-10(7-9)13(14,15)16/h2-4,7,11H,5-6H2,1H3,(H,18,19). The van der Waals surface area contributed by atoms with Crippen LogP contribution in [0.5, 0.6) is 0 Å². The van der Waals surface area contributed by atoms with E-state index in [0.717, 1.165) is 19.1 Å². The molecule has 0 aromatic heterocycles. The molecule has 1 N–H and O–H groups in total. The Morgan fingerprint density at radius 1 is 1.32 bits per heavy atom. The van der Waals surface area contributed by atoms with Gasteiger partial charge in [0.2, 0.25) is 0 Å². The van der Waals surface area contributed by atoms with Gasteiger partial charge in [-0.1, -0.05) is 18.2 Å². The van der Waals surface area contributed by atoms with E-state index in [2.05, 4.69) is 0 Å². The fourth-order valence-corrected chi connectivity index (χ4v) is 1.71. The normalized spacial score (nSPS) is 13.1. The van der Waals surface area contributed by atoms with Crippen molar-refractivity contribution in [3.05, 3.63) is 35.4 Å². The summed E-state index contributed by atoms with van der Waals surface area (Å²) in [6, 6.07) is 4.66. The average molecular weight is 274 g/mol. The number of carboxylic acid groups (broad SMARTS) is 1. The fraction of sp³-hybridized carbons (Fsp3) is 0.385. The largest absolute Gasteiger partial charge is 0.481 e. The highest BCUT2D eigenvalue weighted by Gasteiger charge is 2.30. The number of rotatable bonds is 5. The van der Waals surface area contributed by atoms with Gasteiger partial charge in [0, 0.05) is 0 Å². The summed E-state index contributed by atoms with van der Waals surface area (Å²) in [6.07, 6.45) is -4.32. The number of hydrogen-bond acceptors (Lipinski definition) is 2. The molecule has 1 aromatic carbocycles. The van der Waals surface area contributed by atoms with Crippen LogP contribution in [0.2, 0.25) is 0 Å². The van der Waals surface area contributed by atoms with Gasteiger partial charge in [-0.05, 0) is 31.4 Å². The van der Waals surface area contributed by atoms with Gasteiger partial charge in [0.15, 0.2) is 0 Å². The van der Waals surface area contributed by atoms with E-state index < -0.39 is 29.4 Å². The fourth-order valence-electron chi connectivity index (χ4n) is 1.71. The van der Waals surface area contributed by atoms with Gasteiger partial charge in [0.05, 0.1) is 5.56 Å². The molecule has 0 aliphatic heterocycles. The molecular weight excluding hydrogens is 261 g/mol. The molecular formula is C13H13F3O3. The molecule has 1 aromatic rings. The molecule has 1 rings (SSSR count). The van der Waals surface area contributed by atoms with Gasteiger partial charge >= 0.3 is 12.1 Å². The summed E-state index contributed by atoms with van der Waals surface area (Å²) in [5, 5.41) is 8.80. The molecule has 0 fully saturated rings. The number of carboxylic acids is 1. The number of alkyl halides is 3. The van der Waals surface area contributed by atoms with Crippen molar-refractivity contribution in [2.75, 3.05) is 0 Å². The minimum atomic E-state index is -4.43. The maximum Gasteiger partial charge on any atom is 0.416 e. The zero-order valence-corrected chi connectivity index (χ0v) is 10.2. The molecule has 104 valence electrons. The second-order valence-electron chi connectivity index (χ2n) is 4.24. The smallest absolute Gasteiger partial charge is 0.416 e. The van der Waals surface area contributed by atoms with Crippen molar-refractivity contribution in [1.82, 2.24) is 0 Å². The van der Waals surface area contributed by atoms with Crippen molar-refractivity contribution < 1.29 is 27.9 Å². The van der Waals surface area contributed by atoms with Gasteiger partial charge in [-0.25, -0.2) is 0 Å². The van der Waals surface area contributed by atoms with Gasteiger partial charge < -0.3 is 5.11 Å². The van der Waals surface area contributed by atoms with Crippen molar-refractivity contribution in [1.29, 1.82) is 0 Å². The van der Waals surface area contributed by atoms with Crippen LogP contribution in [-0.4, -0.2) is 16.9 Å². The quantitative estimate of drug-likeness (QED) is 0.840. The van der Waals surface area contributed by atoms with Gasteiger partial charge in [-0.15, -0.1) is 0 Å². The Bertz CT molecular complexity index is 466. The Morgan fingerprint density at radius 2 is 1.95 bits per heavy atom. The van der Waals surface area contributed by atoms with Crippen molar-refractivity contribution in [2.24, 2.45) is 5.92 Å². The first-order valence-corrected chi connectivity index (χ1v) is 5.61. The Hall–Kier alpha value is -1.85. The Balaban J connectivity index is 2.78. The third-order valence-electron chi connectivity index (χ3n) is 2.76. The van der Waals surface area contributed by atoms with E-state index >= 15 is 0 Å². The van der Waals surface area contributed by atoms with E-state index in [0.29, 0.717) is 5.56 Å². The highest BCUT2D eigenvalue weighted by atomic mass is 19.4. The van der Waals surface area contributed by atoms with E-state index in [1.807, 2.05) is 0 Å². The number of ketones is 1. The monoisotopic (exact) mass is 274 g/mol. The number of benzene rings is 1. The molecule has 6 heteroatoms. The van der Waals surface area contributed by atoms with Gasteiger partial charge in [-0.3, -0.25) is 9.59 Å². The van der Waals surface area contributed by atoms with Gasteiger partial charge in [0.25, 0.3) is 0 Å². The molecule has 0 amide bonds. The van der Waals surface area contributed by atoms with Crippen molar-refractivity contribution in [3.63, 3.8) is 0 Å². The summed E-state index contributed by atoms with van der Waals surface area (Å²) >= 11 is 0. The number of Topliss-reactive ketones (excluding diaryl/α,β-unsaturated/α-hetero) is 1. The average Bonchev–Trinajstić information content (AvgIpc) is 2.27. The maximum atomic E-state index is 12.5. The Labute approximate surface area is 108 Å². The van der Waals surface area contributed by atoms with Crippen LogP contribution in [-0.2, 0) is 22.2 Å². The van der Waals surface area contributed by atoms with Crippen LogP contribution in [0.1, 0.15) is 24.5 Å². The zero-order chi connectivity index (χ0) is 14.6. The highest BCUT2D eigenvalue weighted by Crippen LogP contribution is 2.29. The predicted octanol–water partition coefficient (Wildman–Crippen LogP) is 2.93. The molecule has 0 spiro atoms. The third-order valence-corrected chi connectivity index (χ3v) is 2.76. The number of halogens is 3. The highest BCUT2D eigenvalue weighted by molar-refractivity contribution is 5.96. The number of aryl methyl sites for hydroxylation is 1. The number of hydrogen-bond donors (Lipinski definition) is 1. The van der Waals surface area contributed by atoms with E-state index in [9.17, 15) is 22.8 Å². The minimum absolute atomic E-state index is 0.00796. The first-order chi connectivity index (χ1) is 8.71. The van der Waals surface area contributed by atoms with Gasteiger partial charge in [0.1, 0.15) is 11.7 Å². The lowest BCUT2D eigenvalue weighted by Gasteiger charge is -2.11. The van der Waals surface area contributed by atoms with E-state index in [-0.39, 0.29) is 12.8 Å². The Morgan fingerprint density at radius 3 is 2.42 bits per heavy atom. The van der Waals surface area contributed by atoms with Crippen molar-refractivity contribution in [3.8, 4) is 0 Å². The third kappa shape index (κ3) is 4.39. The van der Waals surface area contributed by atoms with E-state index in [1.165, 1.54) is 12.1 Å². The van der Waals surface area contributed by atoms with Crippen molar-refractivity contribution in [2.45, 2.75) is 25.9 Å². The second kappa shape index (κ2) is 5.86. The summed E-state index contributed by atoms with van der Waals surface area (Å²) in [4.78, 5) is 21.9. The lowest BCUT2D eigenvalue weighted by molar-refractivity contribution is -0.146. The summed E-state index contributed by atoms with van der Waals surface area (Å²) in [5.41, 5.74) is -0.415. The molecule has 0 saturated carbocycles. The molecule has 0 radical (unpaired) electrons. The maximum absolute atomic E-state index is 12.5. The van der Waals surface area contributed by atoms with Crippen LogP contribution in [0.25, 0.3) is 0 Å². The van der Waals surface area contributed by atoms with Crippen LogP contribution < -0.4 is 0 Å². The topological polar surface area (TPSA) is 54.4 Å². The number of carbonyl (C=O) groups is 2. The van der Waals surface area contributed by atoms with Crippen LogP contribution in [0.4, 0.5) is 13.2 Å². The molecule has 3 nitrogen and oxygen atoms in total. The van der Waals surface area contributed by atoms with E-state index in [4.69, 9.17) is 5.11 Å². The molecule has 1 atom stereocenters. The van der Waals surface area contributed by atoms with Crippen molar-refractivity contribution >= 4 is 11.8 Å².